The molecule has 0 saturated carbocycles. The zero-order valence-electron chi connectivity index (χ0n) is 14.8. The molecule has 0 spiro atoms. The van der Waals surface area contributed by atoms with Crippen molar-refractivity contribution in [2.24, 2.45) is 0 Å². The van der Waals surface area contributed by atoms with E-state index in [0.717, 1.165) is 5.56 Å². The van der Waals surface area contributed by atoms with Gasteiger partial charge in [0, 0.05) is 21.2 Å². The standard InChI is InChI=1S/C20H20Cl2O6/c21-13-5-1-3-11(7-13)19-25-10-15(24)17-18(16(9-23)26-19)28-20(27-17)12-4-2-6-14(22)8-12/h1-8,15-20,23-24H,9-10H2/t15-,16+,17+,18+,19?,20?/m0/s1. The van der Waals surface area contributed by atoms with Crippen molar-refractivity contribution >= 4 is 23.2 Å². The van der Waals surface area contributed by atoms with E-state index >= 15 is 0 Å². The Labute approximate surface area is 172 Å². The second kappa shape index (κ2) is 8.65. The molecular weight excluding hydrogens is 407 g/mol. The van der Waals surface area contributed by atoms with Gasteiger partial charge in [0.1, 0.15) is 24.4 Å². The van der Waals surface area contributed by atoms with E-state index < -0.39 is 37.0 Å². The zero-order valence-corrected chi connectivity index (χ0v) is 16.3. The number of hydrogen-bond acceptors (Lipinski definition) is 6. The Bertz CT molecular complexity index is 819. The maximum atomic E-state index is 10.6. The molecule has 0 bridgehead atoms. The van der Waals surface area contributed by atoms with Gasteiger partial charge in [-0.25, -0.2) is 0 Å². The number of benzene rings is 2. The van der Waals surface area contributed by atoms with Crippen LogP contribution in [0.15, 0.2) is 48.5 Å². The minimum absolute atomic E-state index is 0.0257. The van der Waals surface area contributed by atoms with E-state index in [4.69, 9.17) is 42.1 Å². The summed E-state index contributed by atoms with van der Waals surface area (Å²) in [4.78, 5) is 0. The third-order valence-corrected chi connectivity index (χ3v) is 5.24. The third kappa shape index (κ3) is 4.20. The van der Waals surface area contributed by atoms with Crippen LogP contribution in [0.3, 0.4) is 0 Å². The van der Waals surface area contributed by atoms with Gasteiger partial charge in [0.25, 0.3) is 0 Å². The Morgan fingerprint density at radius 1 is 0.857 bits per heavy atom. The maximum Gasteiger partial charge on any atom is 0.185 e. The minimum atomic E-state index is -0.964. The topological polar surface area (TPSA) is 77.4 Å². The fraction of sp³-hybridized carbons (Fsp3) is 0.400. The normalized spacial score (nSPS) is 33.1. The molecule has 2 aromatic rings. The van der Waals surface area contributed by atoms with E-state index in [-0.39, 0.29) is 13.2 Å². The van der Waals surface area contributed by atoms with Crippen LogP contribution >= 0.6 is 23.2 Å². The van der Waals surface area contributed by atoms with Crippen molar-refractivity contribution in [2.75, 3.05) is 13.2 Å². The summed E-state index contributed by atoms with van der Waals surface area (Å²) in [6.45, 7) is -0.359. The first-order valence-corrected chi connectivity index (χ1v) is 9.68. The first-order chi connectivity index (χ1) is 13.5. The van der Waals surface area contributed by atoms with Crippen LogP contribution in [0, 0.1) is 0 Å². The monoisotopic (exact) mass is 426 g/mol. The highest BCUT2D eigenvalue weighted by molar-refractivity contribution is 6.30. The van der Waals surface area contributed by atoms with Gasteiger partial charge < -0.3 is 29.2 Å². The average molecular weight is 427 g/mol. The van der Waals surface area contributed by atoms with Gasteiger partial charge in [0.05, 0.1) is 13.2 Å². The fourth-order valence-electron chi connectivity index (χ4n) is 3.42. The smallest absolute Gasteiger partial charge is 0.185 e. The van der Waals surface area contributed by atoms with Gasteiger partial charge in [-0.2, -0.15) is 0 Å². The molecule has 8 heteroatoms. The Hall–Kier alpha value is -1.22. The molecule has 28 heavy (non-hydrogen) atoms. The van der Waals surface area contributed by atoms with E-state index in [0.29, 0.717) is 15.6 Å². The maximum absolute atomic E-state index is 10.6. The van der Waals surface area contributed by atoms with Crippen molar-refractivity contribution in [1.29, 1.82) is 0 Å². The molecule has 6 nitrogen and oxygen atoms in total. The predicted octanol–water partition coefficient (Wildman–Crippen LogP) is 3.24. The highest BCUT2D eigenvalue weighted by Gasteiger charge is 2.47. The van der Waals surface area contributed by atoms with Crippen LogP contribution in [-0.2, 0) is 18.9 Å². The summed E-state index contributed by atoms with van der Waals surface area (Å²) in [5.41, 5.74) is 1.40. The Morgan fingerprint density at radius 3 is 2.07 bits per heavy atom. The second-order valence-electron chi connectivity index (χ2n) is 6.73. The summed E-state index contributed by atoms with van der Waals surface area (Å²) in [5.74, 6) is 0. The molecule has 2 aliphatic rings. The lowest BCUT2D eigenvalue weighted by Gasteiger charge is -2.34. The highest BCUT2D eigenvalue weighted by Crippen LogP contribution is 2.38. The lowest BCUT2D eigenvalue weighted by molar-refractivity contribution is -0.239. The van der Waals surface area contributed by atoms with Gasteiger partial charge in [0.15, 0.2) is 12.6 Å². The summed E-state index contributed by atoms with van der Waals surface area (Å²) in [6.07, 6.45) is -4.68. The zero-order chi connectivity index (χ0) is 19.7. The number of rotatable bonds is 3. The molecule has 2 fully saturated rings. The van der Waals surface area contributed by atoms with Crippen LogP contribution in [0.5, 0.6) is 0 Å². The molecular formula is C20H20Cl2O6. The van der Waals surface area contributed by atoms with Gasteiger partial charge in [-0.3, -0.25) is 0 Å². The Morgan fingerprint density at radius 2 is 1.46 bits per heavy atom. The van der Waals surface area contributed by atoms with Gasteiger partial charge in [-0.15, -0.1) is 0 Å². The van der Waals surface area contributed by atoms with E-state index in [1.54, 1.807) is 42.5 Å². The molecule has 6 atom stereocenters. The summed E-state index contributed by atoms with van der Waals surface area (Å²) in [5, 5.41) is 21.6. The van der Waals surface area contributed by atoms with Gasteiger partial charge in [-0.05, 0) is 24.3 Å². The van der Waals surface area contributed by atoms with E-state index in [1.165, 1.54) is 0 Å². The summed E-state index contributed by atoms with van der Waals surface area (Å²) in [7, 11) is 0. The third-order valence-electron chi connectivity index (χ3n) is 4.77. The largest absolute Gasteiger partial charge is 0.394 e. The molecule has 2 aliphatic heterocycles. The van der Waals surface area contributed by atoms with Crippen LogP contribution < -0.4 is 0 Å². The van der Waals surface area contributed by atoms with Crippen molar-refractivity contribution in [2.45, 2.75) is 37.0 Å². The lowest BCUT2D eigenvalue weighted by atomic mass is 10.0. The van der Waals surface area contributed by atoms with Crippen molar-refractivity contribution in [1.82, 2.24) is 0 Å². The number of fused-ring (bicyclic) bond motifs is 1. The van der Waals surface area contributed by atoms with E-state index in [9.17, 15) is 10.2 Å². The van der Waals surface area contributed by atoms with Crippen LogP contribution in [0.2, 0.25) is 10.0 Å². The molecule has 0 aromatic heterocycles. The van der Waals surface area contributed by atoms with Crippen molar-refractivity contribution in [3.8, 4) is 0 Å². The first kappa shape index (κ1) is 20.1. The Kier molecular flexibility index (Phi) is 6.20. The quantitative estimate of drug-likeness (QED) is 0.784. The van der Waals surface area contributed by atoms with E-state index in [1.807, 2.05) is 6.07 Å². The highest BCUT2D eigenvalue weighted by atomic mass is 35.5. The van der Waals surface area contributed by atoms with Crippen molar-refractivity contribution in [3.63, 3.8) is 0 Å². The van der Waals surface area contributed by atoms with Gasteiger partial charge in [0.2, 0.25) is 0 Å². The molecule has 0 radical (unpaired) electrons. The Balaban J connectivity index is 1.58. The molecule has 2 aromatic carbocycles. The molecule has 2 N–H and O–H groups in total. The first-order valence-electron chi connectivity index (χ1n) is 8.93. The van der Waals surface area contributed by atoms with Crippen LogP contribution in [0.4, 0.5) is 0 Å². The van der Waals surface area contributed by atoms with E-state index in [2.05, 4.69) is 0 Å². The molecule has 150 valence electrons. The molecule has 4 rings (SSSR count). The van der Waals surface area contributed by atoms with Crippen LogP contribution in [0.1, 0.15) is 23.7 Å². The van der Waals surface area contributed by atoms with Gasteiger partial charge >= 0.3 is 0 Å². The summed E-state index contributed by atoms with van der Waals surface area (Å²) in [6, 6.07) is 14.1. The SMILES string of the molecule is OC[C@H]1OC(c2cccc(Cl)c2)OC[C@H](O)[C@H]2OC(c3cccc(Cl)c3)O[C@@H]21. The van der Waals surface area contributed by atoms with Crippen LogP contribution in [0.25, 0.3) is 0 Å². The lowest BCUT2D eigenvalue weighted by Crippen LogP contribution is -2.49. The number of hydrogen-bond donors (Lipinski definition) is 2. The minimum Gasteiger partial charge on any atom is -0.394 e. The number of aliphatic hydroxyl groups excluding tert-OH is 2. The molecule has 0 aliphatic carbocycles. The summed E-state index contributed by atoms with van der Waals surface area (Å²) < 4.78 is 23.7. The number of aliphatic hydroxyl groups is 2. The number of ether oxygens (including phenoxy) is 4. The van der Waals surface area contributed by atoms with Crippen LogP contribution in [-0.4, -0.2) is 47.8 Å². The fourth-order valence-corrected chi connectivity index (χ4v) is 3.82. The predicted molar refractivity (Wildman–Crippen MR) is 102 cm³/mol. The molecule has 0 amide bonds. The second-order valence-corrected chi connectivity index (χ2v) is 7.61. The van der Waals surface area contributed by atoms with Gasteiger partial charge in [-0.1, -0.05) is 47.5 Å². The molecule has 2 unspecified atom stereocenters. The van der Waals surface area contributed by atoms with Crippen molar-refractivity contribution in [3.05, 3.63) is 69.7 Å². The summed E-state index contributed by atoms with van der Waals surface area (Å²) >= 11 is 12.1. The molecule has 2 saturated heterocycles. The number of halogens is 2. The average Bonchev–Trinajstić information content (AvgIpc) is 3.12. The molecule has 2 heterocycles. The van der Waals surface area contributed by atoms with Crippen molar-refractivity contribution < 1.29 is 29.2 Å².